The van der Waals surface area contributed by atoms with Gasteiger partial charge in [-0.1, -0.05) is 69.1 Å². The number of rotatable bonds is 11. The molecule has 0 aromatic heterocycles. The van der Waals surface area contributed by atoms with E-state index in [4.69, 9.17) is 9.47 Å². The first kappa shape index (κ1) is 24.2. The van der Waals surface area contributed by atoms with Crippen molar-refractivity contribution in [3.05, 3.63) is 29.3 Å². The third-order valence-electron chi connectivity index (χ3n) is 6.24. The van der Waals surface area contributed by atoms with Crippen molar-refractivity contribution >= 4 is 21.9 Å². The number of hydrogen-bond donors (Lipinski definition) is 0. The van der Waals surface area contributed by atoms with Crippen molar-refractivity contribution < 1.29 is 14.3 Å². The van der Waals surface area contributed by atoms with Crippen LogP contribution in [0.3, 0.4) is 0 Å². The zero-order valence-electron chi connectivity index (χ0n) is 19.0. The third-order valence-corrected chi connectivity index (χ3v) is 7.20. The van der Waals surface area contributed by atoms with E-state index in [1.54, 1.807) is 0 Å². The molecule has 3 nitrogen and oxygen atoms in total. The summed E-state index contributed by atoms with van der Waals surface area (Å²) >= 11 is 3.86. The molecule has 0 bridgehead atoms. The quantitative estimate of drug-likeness (QED) is 0.206. The van der Waals surface area contributed by atoms with Crippen molar-refractivity contribution in [1.82, 2.24) is 0 Å². The molecular formula is C25H39BrO3. The van der Waals surface area contributed by atoms with E-state index in [-0.39, 0.29) is 22.8 Å². The number of unbranched alkanes of at least 4 members (excludes halogenated alkanes) is 1. The summed E-state index contributed by atoms with van der Waals surface area (Å²) in [7, 11) is 0. The summed E-state index contributed by atoms with van der Waals surface area (Å²) < 4.78 is 11.7. The molecule has 4 atom stereocenters. The smallest absolute Gasteiger partial charge is 0.309 e. The van der Waals surface area contributed by atoms with Gasteiger partial charge in [-0.25, -0.2) is 0 Å². The standard InChI is InChI=1S/C25H39BrO3/c1-7-8-11-28-23-13-19(10-9-18(23)6)12-20(16(2)3)14-22(26)24-15-21(17(4)5)25(27)29-24/h9-10,13,16-17,20-22,24H,7-8,11-12,14-15H2,1-6H3/t20-,21-,22+,24-/m0/s1. The number of cyclic esters (lactones) is 1. The predicted octanol–water partition coefficient (Wildman–Crippen LogP) is 6.73. The summed E-state index contributed by atoms with van der Waals surface area (Å²) in [4.78, 5) is 12.4. The second-order valence-electron chi connectivity index (χ2n) is 9.32. The van der Waals surface area contributed by atoms with Gasteiger partial charge in [0.25, 0.3) is 0 Å². The molecule has 164 valence electrons. The van der Waals surface area contributed by atoms with E-state index in [2.05, 4.69) is 75.7 Å². The lowest BCUT2D eigenvalue weighted by Gasteiger charge is -2.26. The van der Waals surface area contributed by atoms with Crippen LogP contribution in [0.4, 0.5) is 0 Å². The van der Waals surface area contributed by atoms with E-state index in [0.717, 1.165) is 44.5 Å². The van der Waals surface area contributed by atoms with Crippen LogP contribution in [-0.2, 0) is 16.0 Å². The Hall–Kier alpha value is -1.03. The van der Waals surface area contributed by atoms with E-state index in [1.807, 2.05) is 0 Å². The number of ether oxygens (including phenoxy) is 2. The van der Waals surface area contributed by atoms with E-state index in [0.29, 0.717) is 17.8 Å². The number of aryl methyl sites for hydroxylation is 1. The number of halogens is 1. The fraction of sp³-hybridized carbons (Fsp3) is 0.720. The lowest BCUT2D eigenvalue weighted by atomic mass is 9.83. The van der Waals surface area contributed by atoms with Gasteiger partial charge >= 0.3 is 5.97 Å². The Bertz CT molecular complexity index is 655. The molecule has 0 saturated carbocycles. The van der Waals surface area contributed by atoms with Crippen LogP contribution in [0.5, 0.6) is 5.75 Å². The summed E-state index contributed by atoms with van der Waals surface area (Å²) in [6.07, 6.45) is 5.06. The highest BCUT2D eigenvalue weighted by molar-refractivity contribution is 9.09. The topological polar surface area (TPSA) is 35.5 Å². The number of benzene rings is 1. The molecular weight excluding hydrogens is 428 g/mol. The highest BCUT2D eigenvalue weighted by Gasteiger charge is 2.40. The minimum absolute atomic E-state index is 0.0119. The van der Waals surface area contributed by atoms with E-state index in [1.165, 1.54) is 11.1 Å². The zero-order valence-corrected chi connectivity index (χ0v) is 20.6. The number of carbonyl (C=O) groups is 1. The van der Waals surface area contributed by atoms with Crippen LogP contribution in [-0.4, -0.2) is 23.5 Å². The largest absolute Gasteiger partial charge is 0.493 e. The molecule has 0 N–H and O–H groups in total. The van der Waals surface area contributed by atoms with Crippen LogP contribution >= 0.6 is 15.9 Å². The van der Waals surface area contributed by atoms with Gasteiger partial charge < -0.3 is 9.47 Å². The van der Waals surface area contributed by atoms with Gasteiger partial charge in [-0.2, -0.15) is 0 Å². The van der Waals surface area contributed by atoms with E-state index < -0.39 is 0 Å². The summed E-state index contributed by atoms with van der Waals surface area (Å²) in [6.45, 7) is 13.9. The molecule has 2 rings (SSSR count). The number of esters is 1. The van der Waals surface area contributed by atoms with Crippen LogP contribution in [0.15, 0.2) is 18.2 Å². The van der Waals surface area contributed by atoms with Gasteiger partial charge in [0.2, 0.25) is 0 Å². The van der Waals surface area contributed by atoms with Gasteiger partial charge in [-0.15, -0.1) is 0 Å². The maximum absolute atomic E-state index is 12.2. The van der Waals surface area contributed by atoms with Crippen molar-refractivity contribution in [1.29, 1.82) is 0 Å². The van der Waals surface area contributed by atoms with Crippen LogP contribution in [0, 0.1) is 30.6 Å². The molecule has 1 saturated heterocycles. The maximum Gasteiger partial charge on any atom is 0.309 e. The molecule has 0 unspecified atom stereocenters. The Balaban J connectivity index is 2.01. The van der Waals surface area contributed by atoms with Crippen molar-refractivity contribution in [3.63, 3.8) is 0 Å². The molecule has 0 aliphatic carbocycles. The molecule has 29 heavy (non-hydrogen) atoms. The Labute approximate surface area is 186 Å². The predicted molar refractivity (Wildman–Crippen MR) is 124 cm³/mol. The highest BCUT2D eigenvalue weighted by Crippen LogP contribution is 2.36. The minimum atomic E-state index is -0.0250. The van der Waals surface area contributed by atoms with E-state index in [9.17, 15) is 4.79 Å². The molecule has 1 aromatic carbocycles. The average molecular weight is 467 g/mol. The van der Waals surface area contributed by atoms with Crippen LogP contribution in [0.25, 0.3) is 0 Å². The summed E-state index contributed by atoms with van der Waals surface area (Å²) in [5.74, 6) is 2.44. The van der Waals surface area contributed by atoms with Gasteiger partial charge in [0.05, 0.1) is 17.4 Å². The second kappa shape index (κ2) is 11.4. The Morgan fingerprint density at radius 2 is 1.97 bits per heavy atom. The van der Waals surface area contributed by atoms with Crippen molar-refractivity contribution in [2.45, 2.75) is 84.6 Å². The monoisotopic (exact) mass is 466 g/mol. The Morgan fingerprint density at radius 1 is 1.24 bits per heavy atom. The normalized spacial score (nSPS) is 21.5. The van der Waals surface area contributed by atoms with Gasteiger partial charge in [-0.3, -0.25) is 4.79 Å². The molecule has 1 aliphatic rings. The second-order valence-corrected chi connectivity index (χ2v) is 10.5. The molecule has 1 aliphatic heterocycles. The molecule has 0 amide bonds. The highest BCUT2D eigenvalue weighted by atomic mass is 79.9. The molecule has 1 aromatic rings. The summed E-state index contributed by atoms with van der Waals surface area (Å²) in [6, 6.07) is 6.62. The fourth-order valence-corrected chi connectivity index (χ4v) is 4.79. The maximum atomic E-state index is 12.2. The molecule has 1 fully saturated rings. The van der Waals surface area contributed by atoms with E-state index >= 15 is 0 Å². The zero-order chi connectivity index (χ0) is 21.6. The number of carbonyl (C=O) groups excluding carboxylic acids is 1. The first-order chi connectivity index (χ1) is 13.7. The summed E-state index contributed by atoms with van der Waals surface area (Å²) in [5, 5.41) is 0. The fourth-order valence-electron chi connectivity index (χ4n) is 3.99. The number of alkyl halides is 1. The van der Waals surface area contributed by atoms with Crippen molar-refractivity contribution in [2.75, 3.05) is 6.61 Å². The molecule has 1 heterocycles. The lowest BCUT2D eigenvalue weighted by Crippen LogP contribution is -2.26. The van der Waals surface area contributed by atoms with Crippen molar-refractivity contribution in [2.24, 2.45) is 23.7 Å². The van der Waals surface area contributed by atoms with Gasteiger partial charge in [0.1, 0.15) is 11.9 Å². The average Bonchev–Trinajstić information content (AvgIpc) is 3.05. The first-order valence-corrected chi connectivity index (χ1v) is 12.2. The van der Waals surface area contributed by atoms with Crippen molar-refractivity contribution in [3.8, 4) is 5.75 Å². The Kier molecular flexibility index (Phi) is 9.52. The third kappa shape index (κ3) is 7.01. The SMILES string of the molecule is CCCCOc1cc(C[C@@H](C[C@@H](Br)[C@@H]2C[C@@H](C(C)C)C(=O)O2)C(C)C)ccc1C. The van der Waals surface area contributed by atoms with Crippen LogP contribution in [0.2, 0.25) is 0 Å². The molecule has 4 heteroatoms. The first-order valence-electron chi connectivity index (χ1n) is 11.3. The van der Waals surface area contributed by atoms with Gasteiger partial charge in [-0.05, 0) is 67.6 Å². The molecule has 0 radical (unpaired) electrons. The molecule has 0 spiro atoms. The Morgan fingerprint density at radius 3 is 2.55 bits per heavy atom. The minimum Gasteiger partial charge on any atom is -0.493 e. The lowest BCUT2D eigenvalue weighted by molar-refractivity contribution is -0.145. The summed E-state index contributed by atoms with van der Waals surface area (Å²) in [5.41, 5.74) is 2.52. The van der Waals surface area contributed by atoms with Gasteiger partial charge in [0.15, 0.2) is 0 Å². The number of hydrogen-bond acceptors (Lipinski definition) is 3. The van der Waals surface area contributed by atoms with Gasteiger partial charge in [0, 0.05) is 0 Å². The van der Waals surface area contributed by atoms with Crippen LogP contribution in [0.1, 0.15) is 71.4 Å². The van der Waals surface area contributed by atoms with Crippen LogP contribution < -0.4 is 4.74 Å².